The van der Waals surface area contributed by atoms with Gasteiger partial charge in [-0.2, -0.15) is 11.3 Å². The van der Waals surface area contributed by atoms with E-state index in [2.05, 4.69) is 0 Å². The number of aryl methyl sites for hydroxylation is 1. The summed E-state index contributed by atoms with van der Waals surface area (Å²) >= 11 is 1.59. The number of phenolic OH excluding ortho intramolecular Hbond substituents is 1. The van der Waals surface area contributed by atoms with Gasteiger partial charge in [-0.3, -0.25) is 4.79 Å². The van der Waals surface area contributed by atoms with E-state index in [1.165, 1.54) is 0 Å². The van der Waals surface area contributed by atoms with E-state index in [9.17, 15) is 9.90 Å². The fourth-order valence-electron chi connectivity index (χ4n) is 2.03. The Hall–Kier alpha value is -1.81. The van der Waals surface area contributed by atoms with Gasteiger partial charge in [-0.1, -0.05) is 6.07 Å². The number of amides is 1. The highest BCUT2D eigenvalue weighted by molar-refractivity contribution is 7.08. The summed E-state index contributed by atoms with van der Waals surface area (Å²) in [5, 5.41) is 13.5. The van der Waals surface area contributed by atoms with Crippen LogP contribution in [0.3, 0.4) is 0 Å². The second kappa shape index (κ2) is 5.89. The number of likely N-dealkylation sites (N-methyl/N-ethyl adjacent to an activating group) is 1. The molecule has 0 unspecified atom stereocenters. The van der Waals surface area contributed by atoms with Crippen molar-refractivity contribution >= 4 is 22.9 Å². The largest absolute Gasteiger partial charge is 0.508 e. The summed E-state index contributed by atoms with van der Waals surface area (Å²) in [7, 11) is 0. The van der Waals surface area contributed by atoms with Gasteiger partial charge in [0.25, 0.3) is 0 Å². The Labute approximate surface area is 117 Å². The van der Waals surface area contributed by atoms with Crippen LogP contribution in [0.15, 0.2) is 35.0 Å². The third-order valence-electron chi connectivity index (χ3n) is 3.04. The van der Waals surface area contributed by atoms with Gasteiger partial charge in [0.15, 0.2) is 0 Å². The maximum absolute atomic E-state index is 12.4. The smallest absolute Gasteiger partial charge is 0.231 e. The van der Waals surface area contributed by atoms with Crippen LogP contribution in [-0.2, 0) is 11.2 Å². The Bertz CT molecular complexity index is 564. The van der Waals surface area contributed by atoms with Crippen molar-refractivity contribution in [3.05, 3.63) is 46.2 Å². The molecule has 0 saturated carbocycles. The third-order valence-corrected chi connectivity index (χ3v) is 3.77. The number of hydrogen-bond acceptors (Lipinski definition) is 3. The summed E-state index contributed by atoms with van der Waals surface area (Å²) in [5.41, 5.74) is 2.80. The molecule has 2 aromatic rings. The Morgan fingerprint density at radius 1 is 1.37 bits per heavy atom. The van der Waals surface area contributed by atoms with Crippen molar-refractivity contribution in [2.24, 2.45) is 0 Å². The van der Waals surface area contributed by atoms with Gasteiger partial charge in [-0.15, -0.1) is 0 Å². The molecule has 1 aromatic carbocycles. The number of anilines is 1. The van der Waals surface area contributed by atoms with Gasteiger partial charge in [0.1, 0.15) is 5.75 Å². The lowest BCUT2D eigenvalue weighted by Crippen LogP contribution is -2.32. The molecule has 0 aliphatic carbocycles. The lowest BCUT2D eigenvalue weighted by atomic mass is 10.1. The molecule has 1 amide bonds. The lowest BCUT2D eigenvalue weighted by molar-refractivity contribution is -0.117. The van der Waals surface area contributed by atoms with Gasteiger partial charge in [0, 0.05) is 12.6 Å². The van der Waals surface area contributed by atoms with Gasteiger partial charge in [0.05, 0.1) is 12.1 Å². The summed E-state index contributed by atoms with van der Waals surface area (Å²) in [6.07, 6.45) is 0.395. The molecule has 3 nitrogen and oxygen atoms in total. The van der Waals surface area contributed by atoms with Gasteiger partial charge in [-0.25, -0.2) is 0 Å². The van der Waals surface area contributed by atoms with Crippen molar-refractivity contribution in [3.63, 3.8) is 0 Å². The minimum absolute atomic E-state index is 0.0506. The third kappa shape index (κ3) is 3.15. The first-order chi connectivity index (χ1) is 9.11. The Balaban J connectivity index is 2.24. The topological polar surface area (TPSA) is 40.5 Å². The fourth-order valence-corrected chi connectivity index (χ4v) is 2.70. The molecule has 1 N–H and O–H groups in total. The normalized spacial score (nSPS) is 10.4. The fraction of sp³-hybridized carbons (Fsp3) is 0.267. The van der Waals surface area contributed by atoms with Crippen LogP contribution in [0.1, 0.15) is 18.1 Å². The van der Waals surface area contributed by atoms with Crippen LogP contribution in [-0.4, -0.2) is 17.6 Å². The maximum atomic E-state index is 12.4. The average Bonchev–Trinajstić information content (AvgIpc) is 2.87. The zero-order valence-corrected chi connectivity index (χ0v) is 11.9. The Kier molecular flexibility index (Phi) is 4.22. The van der Waals surface area contributed by atoms with E-state index in [4.69, 9.17) is 0 Å². The highest BCUT2D eigenvalue weighted by Crippen LogP contribution is 2.25. The molecule has 1 aromatic heterocycles. The first-order valence-electron chi connectivity index (χ1n) is 6.23. The predicted molar refractivity (Wildman–Crippen MR) is 78.9 cm³/mol. The van der Waals surface area contributed by atoms with Crippen LogP contribution in [0.4, 0.5) is 5.69 Å². The Morgan fingerprint density at radius 2 is 2.16 bits per heavy atom. The first-order valence-corrected chi connectivity index (χ1v) is 7.17. The molecule has 0 atom stereocenters. The van der Waals surface area contributed by atoms with E-state index in [1.54, 1.807) is 28.4 Å². The highest BCUT2D eigenvalue weighted by atomic mass is 32.1. The van der Waals surface area contributed by atoms with E-state index in [1.807, 2.05) is 36.7 Å². The molecule has 0 fully saturated rings. The SMILES string of the molecule is CCN(C(=O)Cc1ccsc1)c1cc(O)ccc1C. The monoisotopic (exact) mass is 275 g/mol. The number of benzene rings is 1. The zero-order chi connectivity index (χ0) is 13.8. The molecular formula is C15H17NO2S. The molecule has 19 heavy (non-hydrogen) atoms. The van der Waals surface area contributed by atoms with Gasteiger partial charge in [0.2, 0.25) is 5.91 Å². The van der Waals surface area contributed by atoms with Crippen LogP contribution in [0, 0.1) is 6.92 Å². The molecule has 1 heterocycles. The lowest BCUT2D eigenvalue weighted by Gasteiger charge is -2.23. The van der Waals surface area contributed by atoms with Gasteiger partial charge in [-0.05, 0) is 47.9 Å². The van der Waals surface area contributed by atoms with Crippen molar-refractivity contribution in [3.8, 4) is 5.75 Å². The first kappa shape index (κ1) is 13.6. The number of thiophene rings is 1. The molecule has 0 aliphatic heterocycles. The van der Waals surface area contributed by atoms with Crippen LogP contribution < -0.4 is 4.90 Å². The van der Waals surface area contributed by atoms with Crippen LogP contribution in [0.25, 0.3) is 0 Å². The van der Waals surface area contributed by atoms with Crippen LogP contribution in [0.2, 0.25) is 0 Å². The molecule has 2 rings (SSSR count). The van der Waals surface area contributed by atoms with Crippen molar-refractivity contribution in [1.29, 1.82) is 0 Å². The summed E-state index contributed by atoms with van der Waals surface area (Å²) in [5.74, 6) is 0.233. The summed E-state index contributed by atoms with van der Waals surface area (Å²) in [6, 6.07) is 7.07. The number of hydrogen-bond donors (Lipinski definition) is 1. The number of nitrogens with zero attached hydrogens (tertiary/aromatic N) is 1. The second-order valence-corrected chi connectivity index (χ2v) is 5.20. The van der Waals surface area contributed by atoms with Gasteiger partial charge < -0.3 is 10.0 Å². The molecule has 0 bridgehead atoms. The summed E-state index contributed by atoms with van der Waals surface area (Å²) in [4.78, 5) is 14.1. The molecular weight excluding hydrogens is 258 g/mol. The molecule has 0 saturated heterocycles. The molecule has 0 spiro atoms. The maximum Gasteiger partial charge on any atom is 0.231 e. The number of phenols is 1. The molecule has 4 heteroatoms. The predicted octanol–water partition coefficient (Wildman–Crippen LogP) is 3.36. The van der Waals surface area contributed by atoms with Crippen LogP contribution in [0.5, 0.6) is 5.75 Å². The van der Waals surface area contributed by atoms with E-state index in [-0.39, 0.29) is 11.7 Å². The summed E-state index contributed by atoms with van der Waals surface area (Å²) in [6.45, 7) is 4.47. The quantitative estimate of drug-likeness (QED) is 0.929. The standard InChI is InChI=1S/C15H17NO2S/c1-3-16(14-9-13(17)5-4-11(14)2)15(18)8-12-6-7-19-10-12/h4-7,9-10,17H,3,8H2,1-2H3. The van der Waals surface area contributed by atoms with E-state index in [0.717, 1.165) is 16.8 Å². The minimum atomic E-state index is 0.0506. The van der Waals surface area contributed by atoms with Gasteiger partial charge >= 0.3 is 0 Å². The number of carbonyl (C=O) groups excluding carboxylic acids is 1. The van der Waals surface area contributed by atoms with E-state index >= 15 is 0 Å². The number of aromatic hydroxyl groups is 1. The molecule has 0 aliphatic rings. The van der Waals surface area contributed by atoms with E-state index < -0.39 is 0 Å². The van der Waals surface area contributed by atoms with E-state index in [0.29, 0.717) is 13.0 Å². The number of rotatable bonds is 4. The van der Waals surface area contributed by atoms with Crippen molar-refractivity contribution in [1.82, 2.24) is 0 Å². The van der Waals surface area contributed by atoms with Crippen molar-refractivity contribution < 1.29 is 9.90 Å². The highest BCUT2D eigenvalue weighted by Gasteiger charge is 2.16. The average molecular weight is 275 g/mol. The number of carbonyl (C=O) groups is 1. The van der Waals surface area contributed by atoms with Crippen LogP contribution >= 0.6 is 11.3 Å². The molecule has 100 valence electrons. The zero-order valence-electron chi connectivity index (χ0n) is 11.1. The minimum Gasteiger partial charge on any atom is -0.508 e. The molecule has 0 radical (unpaired) electrons. The summed E-state index contributed by atoms with van der Waals surface area (Å²) < 4.78 is 0. The Morgan fingerprint density at radius 3 is 2.79 bits per heavy atom. The second-order valence-electron chi connectivity index (χ2n) is 4.42. The van der Waals surface area contributed by atoms with Crippen molar-refractivity contribution in [2.75, 3.05) is 11.4 Å². The van der Waals surface area contributed by atoms with Crippen molar-refractivity contribution in [2.45, 2.75) is 20.3 Å².